The van der Waals surface area contributed by atoms with Crippen LogP contribution >= 0.6 is 0 Å². The lowest BCUT2D eigenvalue weighted by molar-refractivity contribution is 0.0694. The molecule has 0 spiro atoms. The molecular weight excluding hydrogens is 374 g/mol. The van der Waals surface area contributed by atoms with Crippen molar-refractivity contribution in [1.82, 2.24) is 14.8 Å². The van der Waals surface area contributed by atoms with Gasteiger partial charge in [-0.3, -0.25) is 9.69 Å². The second-order valence-corrected chi connectivity index (χ2v) is 8.18. The van der Waals surface area contributed by atoms with Gasteiger partial charge in [0.05, 0.1) is 7.11 Å². The van der Waals surface area contributed by atoms with Crippen LogP contribution in [0.2, 0.25) is 0 Å². The number of nitrogens with one attached hydrogen (secondary N) is 1. The van der Waals surface area contributed by atoms with Gasteiger partial charge >= 0.3 is 0 Å². The first kappa shape index (κ1) is 20.5. The minimum atomic E-state index is 0.106. The minimum Gasteiger partial charge on any atom is -0.497 e. The highest BCUT2D eigenvalue weighted by molar-refractivity contribution is 5.98. The van der Waals surface area contributed by atoms with Crippen molar-refractivity contribution >= 4 is 16.8 Å². The molecule has 2 aromatic carbocycles. The van der Waals surface area contributed by atoms with Crippen LogP contribution < -0.4 is 4.74 Å². The van der Waals surface area contributed by atoms with Gasteiger partial charge in [0.2, 0.25) is 0 Å². The number of amides is 1. The van der Waals surface area contributed by atoms with Crippen LogP contribution in [0.5, 0.6) is 5.75 Å². The zero-order valence-electron chi connectivity index (χ0n) is 17.9. The number of carbonyl (C=O) groups excluding carboxylic acids is 1. The predicted molar refractivity (Wildman–Crippen MR) is 121 cm³/mol. The molecule has 0 atom stereocenters. The Morgan fingerprint density at radius 3 is 2.53 bits per heavy atom. The number of hydrogen-bond donors (Lipinski definition) is 1. The standard InChI is InChI=1S/C25H31N3O2/c1-3-28(25(29)24-16-21-6-4-5-7-23(21)26-24)18-20-12-14-27(15-13-20)17-19-8-10-22(30-2)11-9-19/h4-11,16,20,26H,3,12-15,17-18H2,1-2H3. The maximum absolute atomic E-state index is 13.1. The summed E-state index contributed by atoms with van der Waals surface area (Å²) in [5.41, 5.74) is 3.03. The minimum absolute atomic E-state index is 0.106. The molecule has 1 N–H and O–H groups in total. The Kier molecular flexibility index (Phi) is 6.38. The summed E-state index contributed by atoms with van der Waals surface area (Å²) in [5, 5.41) is 1.09. The molecule has 1 amide bonds. The van der Waals surface area contributed by atoms with Gasteiger partial charge in [-0.05, 0) is 68.6 Å². The molecule has 1 fully saturated rings. The fraction of sp³-hybridized carbons (Fsp3) is 0.400. The van der Waals surface area contributed by atoms with Crippen LogP contribution in [-0.4, -0.2) is 54.0 Å². The maximum atomic E-state index is 13.1. The predicted octanol–water partition coefficient (Wildman–Crippen LogP) is 4.55. The van der Waals surface area contributed by atoms with Crippen molar-refractivity contribution in [2.24, 2.45) is 5.92 Å². The first-order valence-electron chi connectivity index (χ1n) is 10.9. The number of piperidine rings is 1. The normalized spacial score (nSPS) is 15.4. The quantitative estimate of drug-likeness (QED) is 0.627. The second kappa shape index (κ2) is 9.35. The van der Waals surface area contributed by atoms with Crippen molar-refractivity contribution in [3.8, 4) is 5.75 Å². The van der Waals surface area contributed by atoms with Gasteiger partial charge in [0, 0.05) is 30.5 Å². The third-order valence-electron chi connectivity index (χ3n) is 6.18. The Balaban J connectivity index is 1.31. The monoisotopic (exact) mass is 405 g/mol. The van der Waals surface area contributed by atoms with E-state index in [9.17, 15) is 4.79 Å². The molecule has 0 aliphatic carbocycles. The SMILES string of the molecule is CCN(CC1CCN(Cc2ccc(OC)cc2)CC1)C(=O)c1cc2ccccc2[nH]1. The van der Waals surface area contributed by atoms with Crippen molar-refractivity contribution in [2.75, 3.05) is 33.3 Å². The molecule has 158 valence electrons. The lowest BCUT2D eigenvalue weighted by Gasteiger charge is -2.34. The molecule has 1 aliphatic rings. The third kappa shape index (κ3) is 4.68. The van der Waals surface area contributed by atoms with Crippen LogP contribution in [0.25, 0.3) is 10.9 Å². The molecule has 3 aromatic rings. The molecule has 0 radical (unpaired) electrons. The summed E-state index contributed by atoms with van der Waals surface area (Å²) in [6, 6.07) is 18.3. The van der Waals surface area contributed by atoms with E-state index in [1.54, 1.807) is 7.11 Å². The van der Waals surface area contributed by atoms with Crippen LogP contribution in [0.15, 0.2) is 54.6 Å². The van der Waals surface area contributed by atoms with E-state index in [0.717, 1.165) is 62.2 Å². The number of methoxy groups -OCH3 is 1. The summed E-state index contributed by atoms with van der Waals surface area (Å²) in [7, 11) is 1.70. The first-order chi connectivity index (χ1) is 14.7. The smallest absolute Gasteiger partial charge is 0.270 e. The van der Waals surface area contributed by atoms with Crippen LogP contribution in [-0.2, 0) is 6.54 Å². The number of H-pyrrole nitrogens is 1. The number of para-hydroxylation sites is 1. The average molecular weight is 406 g/mol. The van der Waals surface area contributed by atoms with E-state index in [2.05, 4.69) is 28.9 Å². The van der Waals surface area contributed by atoms with Crippen LogP contribution in [0.3, 0.4) is 0 Å². The number of hydrogen-bond acceptors (Lipinski definition) is 3. The Morgan fingerprint density at radius 2 is 1.87 bits per heavy atom. The van der Waals surface area contributed by atoms with Crippen molar-refractivity contribution in [3.63, 3.8) is 0 Å². The van der Waals surface area contributed by atoms with E-state index in [4.69, 9.17) is 4.74 Å². The number of carbonyl (C=O) groups is 1. The fourth-order valence-electron chi connectivity index (χ4n) is 4.34. The zero-order chi connectivity index (χ0) is 20.9. The lowest BCUT2D eigenvalue weighted by Crippen LogP contribution is -2.40. The van der Waals surface area contributed by atoms with Gasteiger partial charge in [-0.15, -0.1) is 0 Å². The molecular formula is C25H31N3O2. The molecule has 4 rings (SSSR count). The summed E-state index contributed by atoms with van der Waals surface area (Å²) in [5.74, 6) is 1.57. The van der Waals surface area contributed by atoms with Crippen molar-refractivity contribution in [2.45, 2.75) is 26.3 Å². The molecule has 2 heterocycles. The van der Waals surface area contributed by atoms with E-state index in [0.29, 0.717) is 11.6 Å². The fourth-order valence-corrected chi connectivity index (χ4v) is 4.34. The van der Waals surface area contributed by atoms with E-state index >= 15 is 0 Å². The number of fused-ring (bicyclic) bond motifs is 1. The van der Waals surface area contributed by atoms with E-state index in [-0.39, 0.29) is 5.91 Å². The Hall–Kier alpha value is -2.79. The van der Waals surface area contributed by atoms with Crippen molar-refractivity contribution in [3.05, 3.63) is 65.9 Å². The molecule has 1 aliphatic heterocycles. The van der Waals surface area contributed by atoms with Crippen LogP contribution in [0.4, 0.5) is 0 Å². The summed E-state index contributed by atoms with van der Waals surface area (Å²) in [6.07, 6.45) is 2.26. The van der Waals surface area contributed by atoms with E-state index in [1.165, 1.54) is 5.56 Å². The summed E-state index contributed by atoms with van der Waals surface area (Å²) >= 11 is 0. The topological polar surface area (TPSA) is 48.6 Å². The molecule has 1 aromatic heterocycles. The van der Waals surface area contributed by atoms with Crippen LogP contribution in [0, 0.1) is 5.92 Å². The van der Waals surface area contributed by atoms with E-state index < -0.39 is 0 Å². The third-order valence-corrected chi connectivity index (χ3v) is 6.18. The van der Waals surface area contributed by atoms with Gasteiger partial charge < -0.3 is 14.6 Å². The Labute approximate surface area is 178 Å². The molecule has 5 nitrogen and oxygen atoms in total. The highest BCUT2D eigenvalue weighted by atomic mass is 16.5. The zero-order valence-corrected chi connectivity index (χ0v) is 17.9. The largest absolute Gasteiger partial charge is 0.497 e. The van der Waals surface area contributed by atoms with E-state index in [1.807, 2.05) is 47.4 Å². The van der Waals surface area contributed by atoms with Gasteiger partial charge in [0.25, 0.3) is 5.91 Å². The van der Waals surface area contributed by atoms with Crippen molar-refractivity contribution < 1.29 is 9.53 Å². The number of nitrogens with zero attached hydrogens (tertiary/aromatic N) is 2. The summed E-state index contributed by atoms with van der Waals surface area (Å²) in [4.78, 5) is 20.8. The number of ether oxygens (including phenoxy) is 1. The maximum Gasteiger partial charge on any atom is 0.270 e. The highest BCUT2D eigenvalue weighted by Gasteiger charge is 2.24. The molecule has 5 heteroatoms. The lowest BCUT2D eigenvalue weighted by atomic mass is 9.95. The number of likely N-dealkylation sites (tertiary alicyclic amines) is 1. The van der Waals surface area contributed by atoms with Crippen LogP contribution in [0.1, 0.15) is 35.8 Å². The first-order valence-corrected chi connectivity index (χ1v) is 10.9. The highest BCUT2D eigenvalue weighted by Crippen LogP contribution is 2.22. The Morgan fingerprint density at radius 1 is 1.13 bits per heavy atom. The molecule has 0 saturated carbocycles. The van der Waals surface area contributed by atoms with Gasteiger partial charge in [0.1, 0.15) is 11.4 Å². The summed E-state index contributed by atoms with van der Waals surface area (Å²) < 4.78 is 5.24. The number of benzene rings is 2. The van der Waals surface area contributed by atoms with Gasteiger partial charge in [-0.1, -0.05) is 30.3 Å². The van der Waals surface area contributed by atoms with Gasteiger partial charge in [0.15, 0.2) is 0 Å². The second-order valence-electron chi connectivity index (χ2n) is 8.18. The average Bonchev–Trinajstić information content (AvgIpc) is 3.23. The Bertz CT molecular complexity index is 938. The molecule has 0 unspecified atom stereocenters. The summed E-state index contributed by atoms with van der Waals surface area (Å²) in [6.45, 7) is 6.77. The van der Waals surface area contributed by atoms with Gasteiger partial charge in [-0.2, -0.15) is 0 Å². The molecule has 0 bridgehead atoms. The number of aromatic amines is 1. The van der Waals surface area contributed by atoms with Crippen molar-refractivity contribution in [1.29, 1.82) is 0 Å². The number of aromatic nitrogens is 1. The molecule has 30 heavy (non-hydrogen) atoms. The van der Waals surface area contributed by atoms with Gasteiger partial charge in [-0.25, -0.2) is 0 Å². The molecule has 1 saturated heterocycles. The number of rotatable bonds is 7.